The van der Waals surface area contributed by atoms with Crippen molar-refractivity contribution < 1.29 is 9.53 Å². The molecule has 26 heavy (non-hydrogen) atoms. The summed E-state index contributed by atoms with van der Waals surface area (Å²) in [4.78, 5) is 17.5. The van der Waals surface area contributed by atoms with Gasteiger partial charge in [0, 0.05) is 23.5 Å². The quantitative estimate of drug-likeness (QED) is 0.731. The molecule has 0 atom stereocenters. The maximum atomic E-state index is 12.8. The standard InChI is InChI=1S/C22H22N2O2/c1-26-17-10-6-15(7-11-17)12-13-23-22(25)19-14-21(16-8-9-16)24-20-5-3-2-4-18(19)20/h2-7,10-11,14,16H,8-9,12-13H2,1H3,(H,23,25). The van der Waals surface area contributed by atoms with E-state index in [1.54, 1.807) is 7.11 Å². The van der Waals surface area contributed by atoms with Crippen molar-refractivity contribution in [3.05, 3.63) is 71.4 Å². The fourth-order valence-electron chi connectivity index (χ4n) is 3.18. The zero-order valence-electron chi connectivity index (χ0n) is 14.9. The molecule has 1 aliphatic carbocycles. The number of fused-ring (bicyclic) bond motifs is 1. The predicted octanol–water partition coefficient (Wildman–Crippen LogP) is 4.09. The molecule has 0 aliphatic heterocycles. The van der Waals surface area contributed by atoms with Gasteiger partial charge in [0.1, 0.15) is 5.75 Å². The van der Waals surface area contributed by atoms with Gasteiger partial charge in [-0.2, -0.15) is 0 Å². The van der Waals surface area contributed by atoms with Crippen LogP contribution in [0.25, 0.3) is 10.9 Å². The molecule has 1 saturated carbocycles. The Morgan fingerprint density at radius 2 is 1.92 bits per heavy atom. The number of carbonyl (C=O) groups is 1. The van der Waals surface area contributed by atoms with Crippen LogP contribution in [0.4, 0.5) is 0 Å². The molecule has 0 unspecified atom stereocenters. The number of rotatable bonds is 6. The smallest absolute Gasteiger partial charge is 0.252 e. The maximum Gasteiger partial charge on any atom is 0.252 e. The molecule has 0 radical (unpaired) electrons. The maximum absolute atomic E-state index is 12.8. The molecule has 1 aliphatic rings. The third-order valence-electron chi connectivity index (χ3n) is 4.83. The zero-order valence-corrected chi connectivity index (χ0v) is 14.9. The second-order valence-corrected chi connectivity index (χ2v) is 6.74. The fraction of sp³-hybridized carbons (Fsp3) is 0.273. The highest BCUT2D eigenvalue weighted by Crippen LogP contribution is 2.40. The van der Waals surface area contributed by atoms with E-state index < -0.39 is 0 Å². The third kappa shape index (κ3) is 3.54. The lowest BCUT2D eigenvalue weighted by atomic mass is 10.1. The SMILES string of the molecule is COc1ccc(CCNC(=O)c2cc(C3CC3)nc3ccccc23)cc1. The van der Waals surface area contributed by atoms with Crippen LogP contribution < -0.4 is 10.1 Å². The first-order valence-electron chi connectivity index (χ1n) is 9.05. The van der Waals surface area contributed by atoms with Crippen LogP contribution in [0.1, 0.15) is 40.4 Å². The Morgan fingerprint density at radius 1 is 1.15 bits per heavy atom. The first-order valence-corrected chi connectivity index (χ1v) is 9.05. The van der Waals surface area contributed by atoms with Gasteiger partial charge in [-0.05, 0) is 49.1 Å². The van der Waals surface area contributed by atoms with Crippen LogP contribution in [-0.4, -0.2) is 24.5 Å². The molecule has 0 bridgehead atoms. The average Bonchev–Trinajstić information content (AvgIpc) is 3.53. The molecule has 0 saturated heterocycles. The fourth-order valence-corrected chi connectivity index (χ4v) is 3.18. The predicted molar refractivity (Wildman–Crippen MR) is 103 cm³/mol. The number of ether oxygens (including phenoxy) is 1. The van der Waals surface area contributed by atoms with Crippen molar-refractivity contribution in [2.75, 3.05) is 13.7 Å². The number of para-hydroxylation sites is 1. The molecular weight excluding hydrogens is 324 g/mol. The lowest BCUT2D eigenvalue weighted by Crippen LogP contribution is -2.26. The summed E-state index contributed by atoms with van der Waals surface area (Å²) in [5.41, 5.74) is 3.85. The van der Waals surface area contributed by atoms with Crippen molar-refractivity contribution in [1.29, 1.82) is 0 Å². The first kappa shape index (κ1) is 16.6. The Labute approximate surface area is 153 Å². The molecule has 4 rings (SSSR count). The molecule has 0 spiro atoms. The summed E-state index contributed by atoms with van der Waals surface area (Å²) in [6, 6.07) is 17.8. The first-order chi connectivity index (χ1) is 12.7. The van der Waals surface area contributed by atoms with Gasteiger partial charge in [0.15, 0.2) is 0 Å². The summed E-state index contributed by atoms with van der Waals surface area (Å²) in [5, 5.41) is 3.97. The Bertz CT molecular complexity index is 931. The molecular formula is C22H22N2O2. The highest BCUT2D eigenvalue weighted by molar-refractivity contribution is 6.06. The Morgan fingerprint density at radius 3 is 2.65 bits per heavy atom. The minimum absolute atomic E-state index is 0.0287. The van der Waals surface area contributed by atoms with Crippen LogP contribution in [0.2, 0.25) is 0 Å². The molecule has 1 fully saturated rings. The van der Waals surface area contributed by atoms with Gasteiger partial charge in [0.25, 0.3) is 5.91 Å². The van der Waals surface area contributed by atoms with E-state index in [2.05, 4.69) is 5.32 Å². The number of benzene rings is 2. The number of nitrogens with one attached hydrogen (secondary N) is 1. The third-order valence-corrected chi connectivity index (χ3v) is 4.83. The van der Waals surface area contributed by atoms with Gasteiger partial charge >= 0.3 is 0 Å². The molecule has 2 aromatic carbocycles. The Balaban J connectivity index is 1.48. The van der Waals surface area contributed by atoms with Gasteiger partial charge in [-0.1, -0.05) is 30.3 Å². The van der Waals surface area contributed by atoms with Crippen molar-refractivity contribution in [3.8, 4) is 5.75 Å². The molecule has 1 heterocycles. The van der Waals surface area contributed by atoms with Crippen molar-refractivity contribution in [1.82, 2.24) is 10.3 Å². The second kappa shape index (κ2) is 7.16. The number of amides is 1. The van der Waals surface area contributed by atoms with Crippen molar-refractivity contribution >= 4 is 16.8 Å². The number of aromatic nitrogens is 1. The molecule has 4 heteroatoms. The molecule has 1 amide bonds. The van der Waals surface area contributed by atoms with Gasteiger partial charge in [-0.3, -0.25) is 9.78 Å². The average molecular weight is 346 g/mol. The number of methoxy groups -OCH3 is 1. The van der Waals surface area contributed by atoms with E-state index in [4.69, 9.17) is 9.72 Å². The van der Waals surface area contributed by atoms with E-state index >= 15 is 0 Å². The number of nitrogens with zero attached hydrogens (tertiary/aromatic N) is 1. The second-order valence-electron chi connectivity index (χ2n) is 6.74. The summed E-state index contributed by atoms with van der Waals surface area (Å²) >= 11 is 0. The minimum Gasteiger partial charge on any atom is -0.497 e. The lowest BCUT2D eigenvalue weighted by Gasteiger charge is -2.10. The molecule has 4 nitrogen and oxygen atoms in total. The minimum atomic E-state index is -0.0287. The number of hydrogen-bond donors (Lipinski definition) is 1. The normalized spacial score (nSPS) is 13.6. The van der Waals surface area contributed by atoms with Crippen molar-refractivity contribution in [2.24, 2.45) is 0 Å². The van der Waals surface area contributed by atoms with Gasteiger partial charge in [0.05, 0.1) is 18.2 Å². The summed E-state index contributed by atoms with van der Waals surface area (Å²) in [7, 11) is 1.66. The number of hydrogen-bond acceptors (Lipinski definition) is 3. The highest BCUT2D eigenvalue weighted by Gasteiger charge is 2.26. The monoisotopic (exact) mass is 346 g/mol. The van der Waals surface area contributed by atoms with E-state index in [-0.39, 0.29) is 5.91 Å². The van der Waals surface area contributed by atoms with Crippen LogP contribution in [0.5, 0.6) is 5.75 Å². The topological polar surface area (TPSA) is 51.2 Å². The van der Waals surface area contributed by atoms with Gasteiger partial charge in [-0.25, -0.2) is 0 Å². The van der Waals surface area contributed by atoms with E-state index in [0.717, 1.165) is 34.3 Å². The molecule has 3 aromatic rings. The largest absolute Gasteiger partial charge is 0.497 e. The van der Waals surface area contributed by atoms with Gasteiger partial charge in [-0.15, -0.1) is 0 Å². The Kier molecular flexibility index (Phi) is 4.57. The van der Waals surface area contributed by atoms with E-state index in [1.807, 2.05) is 54.6 Å². The van der Waals surface area contributed by atoms with Crippen LogP contribution in [0.15, 0.2) is 54.6 Å². The van der Waals surface area contributed by atoms with Crippen molar-refractivity contribution in [2.45, 2.75) is 25.2 Å². The summed E-state index contributed by atoms with van der Waals surface area (Å²) in [5.74, 6) is 1.33. The summed E-state index contributed by atoms with van der Waals surface area (Å²) < 4.78 is 5.17. The number of carbonyl (C=O) groups excluding carboxylic acids is 1. The van der Waals surface area contributed by atoms with Crippen LogP contribution >= 0.6 is 0 Å². The number of pyridine rings is 1. The summed E-state index contributed by atoms with van der Waals surface area (Å²) in [6.07, 6.45) is 3.13. The Hall–Kier alpha value is -2.88. The zero-order chi connectivity index (χ0) is 17.9. The van der Waals surface area contributed by atoms with Crippen LogP contribution in [0, 0.1) is 0 Å². The molecule has 1 N–H and O–H groups in total. The van der Waals surface area contributed by atoms with Crippen molar-refractivity contribution in [3.63, 3.8) is 0 Å². The van der Waals surface area contributed by atoms with E-state index in [9.17, 15) is 4.79 Å². The van der Waals surface area contributed by atoms with Gasteiger partial charge in [0.2, 0.25) is 0 Å². The molecule has 1 aromatic heterocycles. The molecule has 132 valence electrons. The summed E-state index contributed by atoms with van der Waals surface area (Å²) in [6.45, 7) is 0.598. The highest BCUT2D eigenvalue weighted by atomic mass is 16.5. The van der Waals surface area contributed by atoms with Crippen LogP contribution in [-0.2, 0) is 6.42 Å². The van der Waals surface area contributed by atoms with E-state index in [0.29, 0.717) is 12.5 Å². The van der Waals surface area contributed by atoms with E-state index in [1.165, 1.54) is 18.4 Å². The lowest BCUT2D eigenvalue weighted by molar-refractivity contribution is 0.0955. The van der Waals surface area contributed by atoms with Gasteiger partial charge < -0.3 is 10.1 Å². The van der Waals surface area contributed by atoms with Crippen LogP contribution in [0.3, 0.4) is 0 Å².